The van der Waals surface area contributed by atoms with Gasteiger partial charge in [0.15, 0.2) is 5.96 Å². The fraction of sp³-hybridized carbons (Fsp3) is 0.435. The van der Waals surface area contributed by atoms with Crippen LogP contribution < -0.4 is 20.1 Å². The predicted molar refractivity (Wildman–Crippen MR) is 136 cm³/mol. The summed E-state index contributed by atoms with van der Waals surface area (Å²) >= 11 is 0. The topological polar surface area (TPSA) is 73.3 Å². The molecule has 0 saturated heterocycles. The molecule has 0 aromatic heterocycles. The summed E-state index contributed by atoms with van der Waals surface area (Å²) in [5, 5.41) is 6.62. The number of aliphatic imine (C=N–C) groups is 1. The monoisotopic (exact) mass is 543 g/mol. The van der Waals surface area contributed by atoms with Gasteiger partial charge in [-0.3, -0.25) is 4.99 Å². The van der Waals surface area contributed by atoms with Gasteiger partial charge in [-0.15, -0.1) is 24.0 Å². The summed E-state index contributed by atoms with van der Waals surface area (Å²) in [6.07, 6.45) is 1.72. The van der Waals surface area contributed by atoms with Crippen LogP contribution >= 0.6 is 24.0 Å². The van der Waals surface area contributed by atoms with Crippen molar-refractivity contribution in [2.45, 2.75) is 19.4 Å². The Bertz CT molecular complexity index is 774. The predicted octanol–water partition coefficient (Wildman–Crippen LogP) is 4.32. The van der Waals surface area contributed by atoms with E-state index in [9.17, 15) is 0 Å². The van der Waals surface area contributed by atoms with Gasteiger partial charge >= 0.3 is 0 Å². The van der Waals surface area contributed by atoms with E-state index in [-0.39, 0.29) is 24.0 Å². The number of methoxy groups -OCH3 is 2. The number of nitrogens with one attached hydrogen (secondary N) is 2. The van der Waals surface area contributed by atoms with Crippen molar-refractivity contribution in [3.8, 4) is 11.5 Å². The molecule has 2 N–H and O–H groups in total. The third-order valence-corrected chi connectivity index (χ3v) is 4.20. The van der Waals surface area contributed by atoms with Gasteiger partial charge in [-0.1, -0.05) is 18.2 Å². The molecule has 0 aliphatic carbocycles. The number of hydrogen-bond acceptors (Lipinski definition) is 5. The Hall–Kier alpha value is -2.04. The molecule has 0 aliphatic heterocycles. The smallest absolute Gasteiger partial charge is 0.195 e. The molecule has 0 spiro atoms. The van der Waals surface area contributed by atoms with Gasteiger partial charge in [0.2, 0.25) is 0 Å². The van der Waals surface area contributed by atoms with E-state index >= 15 is 0 Å². The first kappa shape index (κ1) is 27.0. The maximum atomic E-state index is 5.76. The van der Waals surface area contributed by atoms with E-state index in [1.165, 1.54) is 0 Å². The lowest BCUT2D eigenvalue weighted by molar-refractivity contribution is 0.172. The summed E-state index contributed by atoms with van der Waals surface area (Å²) in [7, 11) is 5.13. The van der Waals surface area contributed by atoms with Gasteiger partial charge in [0.1, 0.15) is 11.5 Å². The van der Waals surface area contributed by atoms with Gasteiger partial charge in [-0.25, -0.2) is 0 Å². The fourth-order valence-corrected chi connectivity index (χ4v) is 2.70. The number of anilines is 1. The molecular formula is C23H34IN3O4. The number of guanidine groups is 1. The summed E-state index contributed by atoms with van der Waals surface area (Å²) in [4.78, 5) is 4.30. The maximum Gasteiger partial charge on any atom is 0.195 e. The highest BCUT2D eigenvalue weighted by Crippen LogP contribution is 2.18. The van der Waals surface area contributed by atoms with E-state index in [0.29, 0.717) is 38.9 Å². The summed E-state index contributed by atoms with van der Waals surface area (Å²) < 4.78 is 21.6. The fourth-order valence-electron chi connectivity index (χ4n) is 2.70. The lowest BCUT2D eigenvalue weighted by Crippen LogP contribution is -2.30. The molecular weight excluding hydrogens is 509 g/mol. The molecule has 0 heterocycles. The number of hydrogen-bond donors (Lipinski definition) is 2. The Balaban J connectivity index is 0.00000480. The number of rotatable bonds is 13. The Labute approximate surface area is 202 Å². The van der Waals surface area contributed by atoms with Crippen LogP contribution in [0, 0.1) is 0 Å². The van der Waals surface area contributed by atoms with Crippen molar-refractivity contribution >= 4 is 35.6 Å². The molecule has 0 bridgehead atoms. The van der Waals surface area contributed by atoms with Gasteiger partial charge < -0.3 is 29.6 Å². The second-order valence-corrected chi connectivity index (χ2v) is 6.62. The van der Waals surface area contributed by atoms with Gasteiger partial charge in [0.25, 0.3) is 0 Å². The van der Waals surface area contributed by atoms with E-state index in [1.54, 1.807) is 21.3 Å². The minimum atomic E-state index is 0. The summed E-state index contributed by atoms with van der Waals surface area (Å²) in [6.45, 7) is 3.27. The molecule has 172 valence electrons. The zero-order valence-corrected chi connectivity index (χ0v) is 20.9. The minimum absolute atomic E-state index is 0. The van der Waals surface area contributed by atoms with Crippen LogP contribution in [0.2, 0.25) is 0 Å². The van der Waals surface area contributed by atoms with Crippen LogP contribution in [0.4, 0.5) is 5.69 Å². The summed E-state index contributed by atoms with van der Waals surface area (Å²) in [5.41, 5.74) is 2.01. The maximum absolute atomic E-state index is 5.76. The van der Waals surface area contributed by atoms with Crippen molar-refractivity contribution in [2.75, 3.05) is 53.0 Å². The van der Waals surface area contributed by atoms with E-state index in [4.69, 9.17) is 18.9 Å². The average Bonchev–Trinajstić information content (AvgIpc) is 2.78. The van der Waals surface area contributed by atoms with Crippen LogP contribution in [0.5, 0.6) is 11.5 Å². The highest BCUT2D eigenvalue weighted by molar-refractivity contribution is 14.0. The van der Waals surface area contributed by atoms with Crippen molar-refractivity contribution in [3.05, 3.63) is 54.1 Å². The largest absolute Gasteiger partial charge is 0.493 e. The summed E-state index contributed by atoms with van der Waals surface area (Å²) in [6, 6.07) is 15.8. The number of nitrogens with zero attached hydrogens (tertiary/aromatic N) is 1. The Kier molecular flexibility index (Phi) is 14.5. The van der Waals surface area contributed by atoms with Gasteiger partial charge in [-0.2, -0.15) is 0 Å². The zero-order valence-electron chi connectivity index (χ0n) is 18.6. The third-order valence-electron chi connectivity index (χ3n) is 4.20. The Morgan fingerprint density at radius 1 is 0.839 bits per heavy atom. The molecule has 2 aromatic rings. The molecule has 8 heteroatoms. The molecule has 0 amide bonds. The zero-order chi connectivity index (χ0) is 21.4. The Morgan fingerprint density at radius 3 is 2.06 bits per heavy atom. The van der Waals surface area contributed by atoms with E-state index in [1.807, 2.05) is 42.5 Å². The van der Waals surface area contributed by atoms with E-state index in [2.05, 4.69) is 21.7 Å². The van der Waals surface area contributed by atoms with Crippen LogP contribution in [0.1, 0.15) is 18.4 Å². The van der Waals surface area contributed by atoms with Crippen LogP contribution in [0.3, 0.4) is 0 Å². The van der Waals surface area contributed by atoms with Crippen LogP contribution in [-0.2, 0) is 16.0 Å². The molecule has 31 heavy (non-hydrogen) atoms. The highest BCUT2D eigenvalue weighted by atomic mass is 127. The number of ether oxygens (including phenoxy) is 4. The van der Waals surface area contributed by atoms with E-state index in [0.717, 1.165) is 35.6 Å². The molecule has 0 unspecified atom stereocenters. The van der Waals surface area contributed by atoms with Crippen molar-refractivity contribution in [1.82, 2.24) is 5.32 Å². The van der Waals surface area contributed by atoms with E-state index < -0.39 is 0 Å². The van der Waals surface area contributed by atoms with Gasteiger partial charge in [0.05, 0.1) is 13.2 Å². The minimum Gasteiger partial charge on any atom is -0.493 e. The average molecular weight is 543 g/mol. The van der Waals surface area contributed by atoms with Crippen LogP contribution in [-0.4, -0.2) is 53.7 Å². The Morgan fingerprint density at radius 2 is 1.45 bits per heavy atom. The molecule has 0 atom stereocenters. The second kappa shape index (κ2) is 16.6. The van der Waals surface area contributed by atoms with Gasteiger partial charge in [0, 0.05) is 65.6 Å². The first-order chi connectivity index (χ1) is 14.7. The van der Waals surface area contributed by atoms with Crippen LogP contribution in [0.15, 0.2) is 53.5 Å². The molecule has 0 fully saturated rings. The second-order valence-electron chi connectivity index (χ2n) is 6.62. The van der Waals surface area contributed by atoms with Crippen molar-refractivity contribution in [1.29, 1.82) is 0 Å². The molecule has 2 rings (SSSR count). The number of halogens is 1. The van der Waals surface area contributed by atoms with Crippen molar-refractivity contribution in [3.63, 3.8) is 0 Å². The van der Waals surface area contributed by atoms with Gasteiger partial charge in [-0.05, 0) is 29.8 Å². The first-order valence-electron chi connectivity index (χ1n) is 10.2. The first-order valence-corrected chi connectivity index (χ1v) is 10.2. The SMILES string of the molecule is CN=C(NCc1cccc(OCCCOC)c1)Nc1cccc(OCCCOC)c1.I. The molecule has 0 saturated carbocycles. The molecule has 7 nitrogen and oxygen atoms in total. The summed E-state index contributed by atoms with van der Waals surface area (Å²) in [5.74, 6) is 2.34. The highest BCUT2D eigenvalue weighted by Gasteiger charge is 2.03. The quantitative estimate of drug-likeness (QED) is 0.170. The molecule has 0 radical (unpaired) electrons. The number of benzene rings is 2. The molecule has 0 aliphatic rings. The van der Waals surface area contributed by atoms with Crippen molar-refractivity contribution < 1.29 is 18.9 Å². The van der Waals surface area contributed by atoms with Crippen LogP contribution in [0.25, 0.3) is 0 Å². The molecule has 2 aromatic carbocycles. The lowest BCUT2D eigenvalue weighted by atomic mass is 10.2. The lowest BCUT2D eigenvalue weighted by Gasteiger charge is -2.14. The third kappa shape index (κ3) is 11.2. The standard InChI is InChI=1S/C23H33N3O4.HI/c1-24-23(26-20-9-5-11-22(17-20)30-15-7-13-28-3)25-18-19-8-4-10-21(16-19)29-14-6-12-27-2;/h4-5,8-11,16-17H,6-7,12-15,18H2,1-3H3,(H2,24,25,26);1H. The normalized spacial score (nSPS) is 10.9. The van der Waals surface area contributed by atoms with Crippen molar-refractivity contribution in [2.24, 2.45) is 4.99 Å².